The third-order valence-corrected chi connectivity index (χ3v) is 2.73. The number of aryl methyl sites for hydroxylation is 1. The van der Waals surface area contributed by atoms with Gasteiger partial charge in [-0.1, -0.05) is 17.2 Å². The standard InChI is InChI=1S/C13H17N/c1-9-5-6-12-11(7-9)10(2)8-13(3,4)14-12/h5-7H,8H2,1-4H3. The maximum atomic E-state index is 4.75. The number of hydrogen-bond acceptors (Lipinski definition) is 1. The normalized spacial score (nSPS) is 18.7. The van der Waals surface area contributed by atoms with Crippen molar-refractivity contribution in [3.63, 3.8) is 0 Å². The summed E-state index contributed by atoms with van der Waals surface area (Å²) in [5, 5.41) is 2.49. The van der Waals surface area contributed by atoms with Crippen LogP contribution in [-0.2, 0) is 0 Å². The van der Waals surface area contributed by atoms with Gasteiger partial charge in [0.15, 0.2) is 0 Å². The SMILES string of the molecule is CC1=c2cc(C)ccc2=NC(C)(C)C1. The van der Waals surface area contributed by atoms with Gasteiger partial charge in [-0.05, 0) is 51.5 Å². The Labute approximate surface area is 85.2 Å². The monoisotopic (exact) mass is 187 g/mol. The second-order valence-corrected chi connectivity index (χ2v) is 4.90. The van der Waals surface area contributed by atoms with Crippen LogP contribution in [-0.4, -0.2) is 5.54 Å². The molecule has 0 aliphatic carbocycles. The highest BCUT2D eigenvalue weighted by Gasteiger charge is 2.19. The van der Waals surface area contributed by atoms with Crippen LogP contribution in [0.2, 0.25) is 0 Å². The quantitative estimate of drug-likeness (QED) is 0.589. The van der Waals surface area contributed by atoms with Crippen LogP contribution in [0, 0.1) is 6.92 Å². The highest BCUT2D eigenvalue weighted by atomic mass is 14.8. The zero-order chi connectivity index (χ0) is 10.3. The Morgan fingerprint density at radius 3 is 2.64 bits per heavy atom. The van der Waals surface area contributed by atoms with Crippen LogP contribution >= 0.6 is 0 Å². The summed E-state index contributed by atoms with van der Waals surface area (Å²) in [6.45, 7) is 8.74. The van der Waals surface area contributed by atoms with Gasteiger partial charge in [0, 0.05) is 0 Å². The maximum Gasteiger partial charge on any atom is 0.0652 e. The van der Waals surface area contributed by atoms with Gasteiger partial charge in [-0.25, -0.2) is 0 Å². The van der Waals surface area contributed by atoms with E-state index in [9.17, 15) is 0 Å². The molecule has 1 heterocycles. The van der Waals surface area contributed by atoms with Gasteiger partial charge >= 0.3 is 0 Å². The van der Waals surface area contributed by atoms with E-state index in [2.05, 4.69) is 45.9 Å². The van der Waals surface area contributed by atoms with E-state index in [1.54, 1.807) is 0 Å². The van der Waals surface area contributed by atoms with E-state index in [1.807, 2.05) is 0 Å². The lowest BCUT2D eigenvalue weighted by Gasteiger charge is -2.23. The summed E-state index contributed by atoms with van der Waals surface area (Å²) in [5.41, 5.74) is 2.86. The Kier molecular flexibility index (Phi) is 1.99. The van der Waals surface area contributed by atoms with Crippen LogP contribution < -0.4 is 10.6 Å². The van der Waals surface area contributed by atoms with Gasteiger partial charge in [0.1, 0.15) is 0 Å². The summed E-state index contributed by atoms with van der Waals surface area (Å²) >= 11 is 0. The minimum absolute atomic E-state index is 0.0757. The van der Waals surface area contributed by atoms with E-state index < -0.39 is 0 Å². The Balaban J connectivity index is 2.81. The third-order valence-electron chi connectivity index (χ3n) is 2.73. The molecule has 14 heavy (non-hydrogen) atoms. The van der Waals surface area contributed by atoms with E-state index in [-0.39, 0.29) is 5.54 Å². The number of rotatable bonds is 0. The van der Waals surface area contributed by atoms with Gasteiger partial charge < -0.3 is 0 Å². The molecule has 1 aromatic rings. The van der Waals surface area contributed by atoms with Gasteiger partial charge in [-0.3, -0.25) is 4.99 Å². The fourth-order valence-electron chi connectivity index (χ4n) is 2.20. The molecule has 0 atom stereocenters. The molecule has 0 spiro atoms. The number of nitrogens with zero attached hydrogens (tertiary/aromatic N) is 1. The van der Waals surface area contributed by atoms with E-state index in [0.717, 1.165) is 11.8 Å². The Morgan fingerprint density at radius 2 is 1.93 bits per heavy atom. The fourth-order valence-corrected chi connectivity index (χ4v) is 2.20. The van der Waals surface area contributed by atoms with Crippen molar-refractivity contribution < 1.29 is 0 Å². The van der Waals surface area contributed by atoms with Crippen LogP contribution in [0.15, 0.2) is 23.2 Å². The molecule has 0 bridgehead atoms. The van der Waals surface area contributed by atoms with Crippen LogP contribution in [0.5, 0.6) is 0 Å². The van der Waals surface area contributed by atoms with Crippen molar-refractivity contribution >= 4 is 5.57 Å². The summed E-state index contributed by atoms with van der Waals surface area (Å²) < 4.78 is 0. The van der Waals surface area contributed by atoms with Crippen LogP contribution in [0.4, 0.5) is 0 Å². The molecule has 0 fully saturated rings. The van der Waals surface area contributed by atoms with Crippen molar-refractivity contribution in [3.05, 3.63) is 34.3 Å². The lowest BCUT2D eigenvalue weighted by Crippen LogP contribution is -2.37. The molecule has 0 amide bonds. The minimum atomic E-state index is 0.0757. The predicted octanol–water partition coefficient (Wildman–Crippen LogP) is 1.97. The second-order valence-electron chi connectivity index (χ2n) is 4.90. The van der Waals surface area contributed by atoms with Crippen molar-refractivity contribution in [2.45, 2.75) is 39.7 Å². The van der Waals surface area contributed by atoms with Crippen molar-refractivity contribution in [2.24, 2.45) is 4.99 Å². The molecule has 0 saturated heterocycles. The van der Waals surface area contributed by atoms with Crippen molar-refractivity contribution in [1.82, 2.24) is 0 Å². The minimum Gasteiger partial charge on any atom is -0.278 e. The van der Waals surface area contributed by atoms with E-state index in [4.69, 9.17) is 4.99 Å². The van der Waals surface area contributed by atoms with Gasteiger partial charge in [0.25, 0.3) is 0 Å². The number of hydrogen-bond donors (Lipinski definition) is 0. The molecule has 1 aliphatic rings. The predicted molar refractivity (Wildman–Crippen MR) is 59.7 cm³/mol. The lowest BCUT2D eigenvalue weighted by atomic mass is 9.92. The summed E-state index contributed by atoms with van der Waals surface area (Å²) in [7, 11) is 0. The molecule has 1 nitrogen and oxygen atoms in total. The van der Waals surface area contributed by atoms with Gasteiger partial charge in [-0.15, -0.1) is 0 Å². The van der Waals surface area contributed by atoms with Gasteiger partial charge in [-0.2, -0.15) is 0 Å². The molecular weight excluding hydrogens is 170 g/mol. The van der Waals surface area contributed by atoms with Crippen molar-refractivity contribution in [3.8, 4) is 0 Å². The molecule has 0 N–H and O–H groups in total. The van der Waals surface area contributed by atoms with Crippen molar-refractivity contribution in [2.75, 3.05) is 0 Å². The molecule has 1 heteroatoms. The molecule has 0 aromatic heterocycles. The van der Waals surface area contributed by atoms with Gasteiger partial charge in [0.2, 0.25) is 0 Å². The first-order chi connectivity index (χ1) is 6.48. The zero-order valence-electron chi connectivity index (χ0n) is 9.39. The van der Waals surface area contributed by atoms with Gasteiger partial charge in [0.05, 0.1) is 10.9 Å². The summed E-state index contributed by atoms with van der Waals surface area (Å²) in [4.78, 5) is 4.75. The highest BCUT2D eigenvalue weighted by molar-refractivity contribution is 5.45. The Hall–Kier alpha value is -1.11. The average molecular weight is 187 g/mol. The van der Waals surface area contributed by atoms with Crippen LogP contribution in [0.3, 0.4) is 0 Å². The second kappa shape index (κ2) is 2.94. The van der Waals surface area contributed by atoms with E-state index in [0.29, 0.717) is 0 Å². The first kappa shape index (κ1) is 9.45. The number of benzene rings is 1. The highest BCUT2D eigenvalue weighted by Crippen LogP contribution is 2.20. The molecule has 0 radical (unpaired) electrons. The van der Waals surface area contributed by atoms with Crippen LogP contribution in [0.1, 0.15) is 32.8 Å². The summed E-state index contributed by atoms with van der Waals surface area (Å²) in [6, 6.07) is 6.51. The molecule has 2 rings (SSSR count). The first-order valence-electron chi connectivity index (χ1n) is 5.14. The maximum absolute atomic E-state index is 4.75. The molecule has 0 saturated carbocycles. The van der Waals surface area contributed by atoms with Crippen LogP contribution in [0.25, 0.3) is 5.57 Å². The Morgan fingerprint density at radius 1 is 1.21 bits per heavy atom. The smallest absolute Gasteiger partial charge is 0.0652 e. The first-order valence-corrected chi connectivity index (χ1v) is 5.14. The fraction of sp³-hybridized carbons (Fsp3) is 0.462. The third kappa shape index (κ3) is 1.59. The molecule has 0 unspecified atom stereocenters. The molecule has 1 aromatic carbocycles. The summed E-state index contributed by atoms with van der Waals surface area (Å²) in [6.07, 6.45) is 1.07. The topological polar surface area (TPSA) is 12.4 Å². The molecule has 1 aliphatic heterocycles. The lowest BCUT2D eigenvalue weighted by molar-refractivity contribution is 0.512. The zero-order valence-corrected chi connectivity index (χ0v) is 9.39. The average Bonchev–Trinajstić information content (AvgIpc) is 2.05. The Bertz CT molecular complexity index is 480. The summed E-state index contributed by atoms with van der Waals surface area (Å²) in [5.74, 6) is 0. The van der Waals surface area contributed by atoms with E-state index in [1.165, 1.54) is 16.4 Å². The molecular formula is C13H17N. The number of fused-ring (bicyclic) bond motifs is 1. The largest absolute Gasteiger partial charge is 0.278 e. The molecule has 74 valence electrons. The van der Waals surface area contributed by atoms with Crippen molar-refractivity contribution in [1.29, 1.82) is 0 Å². The van der Waals surface area contributed by atoms with E-state index >= 15 is 0 Å².